The SMILES string of the molecule is [2H]C([2H])([2H])OC(=O)C#CC(=O)OC([2H])([2H])[2H]. The number of methoxy groups -OCH3 is 2. The van der Waals surface area contributed by atoms with Crippen molar-refractivity contribution < 1.29 is 27.3 Å². The van der Waals surface area contributed by atoms with Crippen LogP contribution in [0.2, 0.25) is 0 Å². The Kier molecular flexibility index (Phi) is 1.15. The van der Waals surface area contributed by atoms with Crippen LogP contribution in [-0.2, 0) is 19.1 Å². The van der Waals surface area contributed by atoms with Gasteiger partial charge in [-0.15, -0.1) is 0 Å². The predicted molar refractivity (Wildman–Crippen MR) is 31.8 cm³/mol. The third-order valence-corrected chi connectivity index (χ3v) is 0.452. The fourth-order valence-electron chi connectivity index (χ4n) is 0.153. The second-order valence-corrected chi connectivity index (χ2v) is 1.03. The number of carbonyl (C=O) groups is 2. The average molecular weight is 148 g/mol. The van der Waals surface area contributed by atoms with Gasteiger partial charge in [0.15, 0.2) is 0 Å². The normalized spacial score (nSPS) is 18.4. The fourth-order valence-corrected chi connectivity index (χ4v) is 0.153. The Balaban J connectivity index is 4.31. The van der Waals surface area contributed by atoms with E-state index < -0.39 is 26.0 Å². The second-order valence-electron chi connectivity index (χ2n) is 1.03. The zero-order chi connectivity index (χ0) is 13.0. The van der Waals surface area contributed by atoms with E-state index in [0.717, 1.165) is 0 Å². The monoisotopic (exact) mass is 148 g/mol. The first-order valence-electron chi connectivity index (χ1n) is 4.97. The van der Waals surface area contributed by atoms with Crippen LogP contribution in [-0.4, -0.2) is 26.0 Å². The van der Waals surface area contributed by atoms with Crippen LogP contribution in [0.4, 0.5) is 0 Å². The van der Waals surface area contributed by atoms with Gasteiger partial charge < -0.3 is 9.47 Å². The molecule has 0 saturated carbocycles. The first kappa shape index (κ1) is 2.62. The number of hydrogen-bond acceptors (Lipinski definition) is 4. The Hall–Kier alpha value is -1.50. The van der Waals surface area contributed by atoms with Gasteiger partial charge in [-0.05, 0) is 0 Å². The Bertz CT molecular complexity index is 311. The van der Waals surface area contributed by atoms with Gasteiger partial charge in [-0.2, -0.15) is 0 Å². The molecule has 10 heavy (non-hydrogen) atoms. The molecule has 0 atom stereocenters. The molecule has 0 amide bonds. The van der Waals surface area contributed by atoms with Crippen molar-refractivity contribution in [1.82, 2.24) is 0 Å². The summed E-state index contributed by atoms with van der Waals surface area (Å²) in [5.41, 5.74) is 0. The molecule has 0 spiro atoms. The highest BCUT2D eigenvalue weighted by atomic mass is 16.5. The molecule has 0 aliphatic rings. The van der Waals surface area contributed by atoms with E-state index in [2.05, 4.69) is 9.47 Å². The van der Waals surface area contributed by atoms with E-state index in [4.69, 9.17) is 8.22 Å². The summed E-state index contributed by atoms with van der Waals surface area (Å²) in [5.74, 6) is -0.0359. The van der Waals surface area contributed by atoms with Gasteiger partial charge in [0.25, 0.3) is 0 Å². The van der Waals surface area contributed by atoms with Crippen LogP contribution in [0.3, 0.4) is 0 Å². The number of carbonyl (C=O) groups excluding carboxylic acids is 2. The van der Waals surface area contributed by atoms with Gasteiger partial charge in [0.05, 0.1) is 22.3 Å². The Morgan fingerprint density at radius 1 is 1.20 bits per heavy atom. The zero-order valence-corrected chi connectivity index (χ0v) is 4.63. The quantitative estimate of drug-likeness (QED) is 0.260. The summed E-state index contributed by atoms with van der Waals surface area (Å²) >= 11 is 0. The average Bonchev–Trinajstić information content (AvgIpc) is 1.94. The Labute approximate surface area is 66.5 Å². The van der Waals surface area contributed by atoms with Gasteiger partial charge in [-0.3, -0.25) is 0 Å². The lowest BCUT2D eigenvalue weighted by Crippen LogP contribution is -1.99. The van der Waals surface area contributed by atoms with E-state index >= 15 is 0 Å². The molecule has 0 saturated heterocycles. The maximum Gasteiger partial charge on any atom is 0.384 e. The van der Waals surface area contributed by atoms with Gasteiger partial charge in [0, 0.05) is 11.8 Å². The fraction of sp³-hybridized carbons (Fsp3) is 0.333. The van der Waals surface area contributed by atoms with Crippen molar-refractivity contribution in [3.05, 3.63) is 0 Å². The molecule has 0 unspecified atom stereocenters. The first-order chi connectivity index (χ1) is 6.99. The Morgan fingerprint density at radius 2 is 1.60 bits per heavy atom. The third-order valence-electron chi connectivity index (χ3n) is 0.452. The molecule has 0 rings (SSSR count). The van der Waals surface area contributed by atoms with Gasteiger partial charge in [0.1, 0.15) is 0 Å². The van der Waals surface area contributed by atoms with Crippen LogP contribution in [0.25, 0.3) is 0 Å². The number of hydrogen-bond donors (Lipinski definition) is 0. The van der Waals surface area contributed by atoms with Crippen molar-refractivity contribution in [2.24, 2.45) is 0 Å². The number of esters is 2. The van der Waals surface area contributed by atoms with E-state index in [1.807, 2.05) is 0 Å². The largest absolute Gasteiger partial charge is 0.459 e. The summed E-state index contributed by atoms with van der Waals surface area (Å²) in [7, 11) is -5.95. The summed E-state index contributed by atoms with van der Waals surface area (Å²) in [5, 5.41) is 0. The molecule has 0 aliphatic heterocycles. The number of ether oxygens (including phenoxy) is 2. The molecule has 0 fully saturated rings. The van der Waals surface area contributed by atoms with Crippen LogP contribution in [0.15, 0.2) is 0 Å². The molecule has 4 nitrogen and oxygen atoms in total. The molecule has 0 aliphatic carbocycles. The third kappa shape index (κ3) is 3.50. The van der Waals surface area contributed by atoms with Crippen molar-refractivity contribution >= 4 is 11.9 Å². The van der Waals surface area contributed by atoms with Crippen molar-refractivity contribution in [2.45, 2.75) is 0 Å². The highest BCUT2D eigenvalue weighted by Gasteiger charge is 1.93. The standard InChI is InChI=1S/C6H6O4/c1-9-5(7)3-4-6(8)10-2/h1-2H3/i1D3,2D3. The smallest absolute Gasteiger partial charge is 0.384 e. The maximum absolute atomic E-state index is 10.6. The van der Waals surface area contributed by atoms with Crippen LogP contribution in [0.1, 0.15) is 8.22 Å². The van der Waals surface area contributed by atoms with E-state index in [1.54, 1.807) is 0 Å². The van der Waals surface area contributed by atoms with Crippen molar-refractivity contribution in [3.63, 3.8) is 0 Å². The lowest BCUT2D eigenvalue weighted by Gasteiger charge is -1.85. The molecule has 0 bridgehead atoms. The predicted octanol–water partition coefficient (Wildman–Crippen LogP) is -0.664. The lowest BCUT2D eigenvalue weighted by molar-refractivity contribution is -0.135. The summed E-state index contributed by atoms with van der Waals surface area (Å²) in [6.45, 7) is 0. The molecule has 54 valence electrons. The summed E-state index contributed by atoms with van der Waals surface area (Å²) in [4.78, 5) is 21.2. The number of rotatable bonds is 0. The molecule has 0 heterocycles. The van der Waals surface area contributed by atoms with Crippen LogP contribution >= 0.6 is 0 Å². The molecule has 0 aromatic heterocycles. The minimum atomic E-state index is -2.97. The van der Waals surface area contributed by atoms with Crippen molar-refractivity contribution in [2.75, 3.05) is 14.1 Å². The van der Waals surface area contributed by atoms with Crippen LogP contribution < -0.4 is 0 Å². The zero-order valence-electron chi connectivity index (χ0n) is 10.6. The van der Waals surface area contributed by atoms with Gasteiger partial charge in [-0.1, -0.05) is 0 Å². The minimum Gasteiger partial charge on any atom is -0.459 e. The molecular weight excluding hydrogens is 136 g/mol. The van der Waals surface area contributed by atoms with Crippen molar-refractivity contribution in [1.29, 1.82) is 0 Å². The van der Waals surface area contributed by atoms with E-state index in [0.29, 0.717) is 0 Å². The van der Waals surface area contributed by atoms with Gasteiger partial charge >= 0.3 is 11.9 Å². The molecule has 0 radical (unpaired) electrons. The maximum atomic E-state index is 10.6. The first-order valence-corrected chi connectivity index (χ1v) is 1.97. The molecular formula is C6H6O4. The topological polar surface area (TPSA) is 52.6 Å². The van der Waals surface area contributed by atoms with Gasteiger partial charge in [-0.25, -0.2) is 9.59 Å². The highest BCUT2D eigenvalue weighted by Crippen LogP contribution is 1.70. The van der Waals surface area contributed by atoms with Gasteiger partial charge in [0.2, 0.25) is 0 Å². The molecule has 4 heteroatoms. The summed E-state index contributed by atoms with van der Waals surface area (Å²) in [6.07, 6.45) is 0. The van der Waals surface area contributed by atoms with E-state index in [9.17, 15) is 9.59 Å². The van der Waals surface area contributed by atoms with E-state index in [-0.39, 0.29) is 0 Å². The summed E-state index contributed by atoms with van der Waals surface area (Å²) in [6, 6.07) is 0. The second kappa shape index (κ2) is 4.39. The highest BCUT2D eigenvalue weighted by molar-refractivity contribution is 5.98. The molecule has 0 N–H and O–H groups in total. The lowest BCUT2D eigenvalue weighted by atomic mass is 10.6. The van der Waals surface area contributed by atoms with Crippen LogP contribution in [0.5, 0.6) is 0 Å². The van der Waals surface area contributed by atoms with Crippen LogP contribution in [0, 0.1) is 11.8 Å². The minimum absolute atomic E-state index is 1.47. The van der Waals surface area contributed by atoms with Crippen molar-refractivity contribution in [3.8, 4) is 11.8 Å². The molecule has 0 aromatic rings. The Morgan fingerprint density at radius 3 is 1.90 bits per heavy atom. The molecule has 0 aromatic carbocycles. The summed E-state index contributed by atoms with van der Waals surface area (Å²) < 4.78 is 46.6. The van der Waals surface area contributed by atoms with E-state index in [1.165, 1.54) is 11.8 Å².